The predicted molar refractivity (Wildman–Crippen MR) is 92.0 cm³/mol. The molecule has 3 nitrogen and oxygen atoms in total. The van der Waals surface area contributed by atoms with E-state index in [9.17, 15) is 10.2 Å². The van der Waals surface area contributed by atoms with Crippen LogP contribution >= 0.6 is 0 Å². The first-order chi connectivity index (χ1) is 10.9. The summed E-state index contributed by atoms with van der Waals surface area (Å²) in [7, 11) is 0. The van der Waals surface area contributed by atoms with Gasteiger partial charge in [0.25, 0.3) is 0 Å². The van der Waals surface area contributed by atoms with Gasteiger partial charge in [0.05, 0.1) is 12.2 Å². The minimum Gasteiger partial charge on any atom is -0.393 e. The first kappa shape index (κ1) is 16.4. The molecule has 0 aromatic rings. The third-order valence-electron chi connectivity index (χ3n) is 8.88. The number of hydrogen-bond acceptors (Lipinski definition) is 3. The van der Waals surface area contributed by atoms with Crippen molar-refractivity contribution in [2.45, 2.75) is 84.0 Å². The van der Waals surface area contributed by atoms with Crippen LogP contribution in [-0.2, 0) is 0 Å². The highest BCUT2D eigenvalue weighted by Crippen LogP contribution is 2.63. The van der Waals surface area contributed by atoms with Gasteiger partial charge in [-0.2, -0.15) is 0 Å². The largest absolute Gasteiger partial charge is 0.393 e. The lowest BCUT2D eigenvalue weighted by molar-refractivity contribution is -0.110. The molecule has 1 saturated heterocycles. The molecule has 3 N–H and O–H groups in total. The average Bonchev–Trinajstić information content (AvgIpc) is 2.85. The summed E-state index contributed by atoms with van der Waals surface area (Å²) >= 11 is 0. The van der Waals surface area contributed by atoms with Crippen LogP contribution in [0.2, 0.25) is 0 Å². The molecule has 0 unspecified atom stereocenters. The van der Waals surface area contributed by atoms with E-state index in [4.69, 9.17) is 0 Å². The fraction of sp³-hybridized carbons (Fsp3) is 1.00. The van der Waals surface area contributed by atoms with E-state index in [1.54, 1.807) is 0 Å². The van der Waals surface area contributed by atoms with Gasteiger partial charge in [0.1, 0.15) is 0 Å². The molecule has 0 bridgehead atoms. The van der Waals surface area contributed by atoms with Gasteiger partial charge < -0.3 is 15.5 Å². The maximum absolute atomic E-state index is 10.3. The van der Waals surface area contributed by atoms with Crippen molar-refractivity contribution in [3.8, 4) is 0 Å². The second-order valence-electron chi connectivity index (χ2n) is 9.75. The van der Waals surface area contributed by atoms with E-state index in [1.807, 2.05) is 6.92 Å². The van der Waals surface area contributed by atoms with Gasteiger partial charge in [-0.3, -0.25) is 0 Å². The van der Waals surface area contributed by atoms with Crippen molar-refractivity contribution in [2.24, 2.45) is 34.5 Å². The number of nitrogens with one attached hydrogen (secondary N) is 1. The Labute approximate surface area is 141 Å². The first-order valence-electron chi connectivity index (χ1n) is 9.96. The zero-order valence-corrected chi connectivity index (χ0v) is 15.1. The minimum absolute atomic E-state index is 0.0774. The number of hydrogen-bond donors (Lipinski definition) is 3. The lowest BCUT2D eigenvalue weighted by Crippen LogP contribution is -2.64. The molecule has 0 amide bonds. The van der Waals surface area contributed by atoms with Gasteiger partial charge in [0.2, 0.25) is 0 Å². The molecule has 4 fully saturated rings. The van der Waals surface area contributed by atoms with Crippen LogP contribution in [0.15, 0.2) is 0 Å². The summed E-state index contributed by atoms with van der Waals surface area (Å²) in [5, 5.41) is 24.3. The third kappa shape index (κ3) is 2.26. The smallest absolute Gasteiger partial charge is 0.0545 e. The molecular formula is C20H35NO2. The van der Waals surface area contributed by atoms with E-state index in [0.29, 0.717) is 28.7 Å². The molecule has 1 heterocycles. The van der Waals surface area contributed by atoms with Crippen molar-refractivity contribution in [3.63, 3.8) is 0 Å². The topological polar surface area (TPSA) is 52.5 Å². The Morgan fingerprint density at radius 3 is 2.43 bits per heavy atom. The molecule has 23 heavy (non-hydrogen) atoms. The van der Waals surface area contributed by atoms with Crippen molar-refractivity contribution >= 4 is 0 Å². The molecule has 132 valence electrons. The van der Waals surface area contributed by atoms with Gasteiger partial charge in [0.15, 0.2) is 0 Å². The highest BCUT2D eigenvalue weighted by Gasteiger charge is 2.60. The molecule has 1 aliphatic heterocycles. The van der Waals surface area contributed by atoms with Crippen LogP contribution < -0.4 is 5.32 Å². The van der Waals surface area contributed by atoms with Crippen LogP contribution in [0.5, 0.6) is 0 Å². The fourth-order valence-electron chi connectivity index (χ4n) is 7.48. The van der Waals surface area contributed by atoms with Crippen LogP contribution in [0.1, 0.15) is 65.7 Å². The molecule has 0 aromatic heterocycles. The van der Waals surface area contributed by atoms with Crippen LogP contribution in [0, 0.1) is 34.5 Å². The Bertz CT molecular complexity index is 467. The summed E-state index contributed by atoms with van der Waals surface area (Å²) in [6.45, 7) is 8.06. The van der Waals surface area contributed by atoms with Crippen LogP contribution in [0.25, 0.3) is 0 Å². The Kier molecular flexibility index (Phi) is 3.87. The van der Waals surface area contributed by atoms with Gasteiger partial charge in [-0.15, -0.1) is 0 Å². The molecular weight excluding hydrogens is 286 g/mol. The Morgan fingerprint density at radius 2 is 1.70 bits per heavy atom. The molecule has 3 aliphatic carbocycles. The summed E-state index contributed by atoms with van der Waals surface area (Å²) in [4.78, 5) is 0. The number of piperidine rings is 1. The van der Waals surface area contributed by atoms with E-state index >= 15 is 0 Å². The summed E-state index contributed by atoms with van der Waals surface area (Å²) in [5.74, 6) is 2.62. The van der Waals surface area contributed by atoms with Crippen molar-refractivity contribution in [1.29, 1.82) is 0 Å². The highest BCUT2D eigenvalue weighted by atomic mass is 16.3. The third-order valence-corrected chi connectivity index (χ3v) is 8.88. The Morgan fingerprint density at radius 1 is 1.00 bits per heavy atom. The number of aliphatic hydroxyl groups is 2. The minimum atomic E-state index is -0.168. The normalized spacial score (nSPS) is 57.3. The van der Waals surface area contributed by atoms with E-state index in [1.165, 1.54) is 32.1 Å². The summed E-state index contributed by atoms with van der Waals surface area (Å²) < 4.78 is 0. The molecule has 9 atom stereocenters. The van der Waals surface area contributed by atoms with Gasteiger partial charge in [-0.25, -0.2) is 0 Å². The van der Waals surface area contributed by atoms with Gasteiger partial charge >= 0.3 is 0 Å². The molecule has 0 radical (unpaired) electrons. The molecule has 3 saturated carbocycles. The SMILES string of the molecule is C[C@@H](O)[C@H]1CC[C@H]2[C@@H]3NC[C@H]4C[C@@H](O)CC[C@]4(C)[C@H]3CC[C@]12C. The van der Waals surface area contributed by atoms with Gasteiger partial charge in [-0.05, 0) is 92.9 Å². The van der Waals surface area contributed by atoms with Gasteiger partial charge in [-0.1, -0.05) is 13.8 Å². The number of fused-ring (bicyclic) bond motifs is 5. The van der Waals surface area contributed by atoms with Crippen molar-refractivity contribution in [2.75, 3.05) is 6.54 Å². The summed E-state index contributed by atoms with van der Waals surface area (Å²) in [6.07, 6.45) is 8.00. The van der Waals surface area contributed by atoms with E-state index in [0.717, 1.165) is 31.2 Å². The summed E-state index contributed by atoms with van der Waals surface area (Å²) in [5.41, 5.74) is 0.735. The second-order valence-corrected chi connectivity index (χ2v) is 9.75. The Balaban J connectivity index is 1.60. The van der Waals surface area contributed by atoms with E-state index in [-0.39, 0.29) is 12.2 Å². The Hall–Kier alpha value is -0.120. The molecule has 4 aliphatic rings. The van der Waals surface area contributed by atoms with Crippen molar-refractivity contribution in [3.05, 3.63) is 0 Å². The van der Waals surface area contributed by atoms with Crippen molar-refractivity contribution in [1.82, 2.24) is 5.32 Å². The molecule has 0 aromatic carbocycles. The quantitative estimate of drug-likeness (QED) is 0.696. The van der Waals surface area contributed by atoms with Crippen molar-refractivity contribution < 1.29 is 10.2 Å². The first-order valence-corrected chi connectivity index (χ1v) is 9.96. The van der Waals surface area contributed by atoms with Crippen LogP contribution in [-0.4, -0.2) is 35.0 Å². The second kappa shape index (κ2) is 5.44. The molecule has 4 rings (SSSR count). The molecule has 3 heteroatoms. The van der Waals surface area contributed by atoms with Gasteiger partial charge in [0, 0.05) is 6.04 Å². The average molecular weight is 322 g/mol. The maximum atomic E-state index is 10.3. The van der Waals surface area contributed by atoms with E-state index < -0.39 is 0 Å². The monoisotopic (exact) mass is 321 g/mol. The fourth-order valence-corrected chi connectivity index (χ4v) is 7.48. The lowest BCUT2D eigenvalue weighted by atomic mass is 9.48. The lowest BCUT2D eigenvalue weighted by Gasteiger charge is -2.61. The zero-order chi connectivity index (χ0) is 16.4. The number of aliphatic hydroxyl groups excluding tert-OH is 2. The predicted octanol–water partition coefficient (Wildman–Crippen LogP) is 2.95. The zero-order valence-electron chi connectivity index (χ0n) is 15.1. The van der Waals surface area contributed by atoms with Crippen LogP contribution in [0.4, 0.5) is 0 Å². The summed E-state index contributed by atoms with van der Waals surface area (Å²) in [6, 6.07) is 0.633. The molecule has 0 spiro atoms. The number of rotatable bonds is 1. The highest BCUT2D eigenvalue weighted by molar-refractivity contribution is 5.12. The standard InChI is InChI=1S/C20H35NO2/c1-12(22)15-4-5-16-18-17(7-9-20(15,16)3)19(2)8-6-14(23)10-13(19)11-21-18/h12-18,21-23H,4-11H2,1-3H3/t12-,13-,14+,15-,16+,17+,18+,19+,20-/m1/s1. The maximum Gasteiger partial charge on any atom is 0.0545 e. The van der Waals surface area contributed by atoms with Crippen LogP contribution in [0.3, 0.4) is 0 Å². The van der Waals surface area contributed by atoms with E-state index in [2.05, 4.69) is 19.2 Å².